The van der Waals surface area contributed by atoms with E-state index in [-0.39, 0.29) is 28.1 Å². The number of aromatic nitrogens is 3. The second-order valence-electron chi connectivity index (χ2n) is 9.15. The number of amides is 1. The van der Waals surface area contributed by atoms with E-state index in [0.717, 1.165) is 19.3 Å². The molecule has 1 unspecified atom stereocenters. The molecule has 2 heterocycles. The number of carbonyl (C=O) groups excluding carboxylic acids is 1. The van der Waals surface area contributed by atoms with Crippen LogP contribution >= 0.6 is 0 Å². The maximum absolute atomic E-state index is 15.0. The Hall–Kier alpha value is -3.81. The number of nitrogens with zero attached hydrogens (tertiary/aromatic N) is 2. The first-order chi connectivity index (χ1) is 16.9. The van der Waals surface area contributed by atoms with Gasteiger partial charge in [-0.15, -0.1) is 0 Å². The molecule has 180 valence electrons. The molecule has 2 N–H and O–H groups in total. The normalized spacial score (nSPS) is 15.5. The van der Waals surface area contributed by atoms with Gasteiger partial charge in [0.25, 0.3) is 11.5 Å². The van der Waals surface area contributed by atoms with Gasteiger partial charge in [-0.25, -0.2) is 13.8 Å². The van der Waals surface area contributed by atoms with Crippen LogP contribution in [0, 0.1) is 24.5 Å². The van der Waals surface area contributed by atoms with Crippen LogP contribution in [0.25, 0.3) is 10.8 Å². The Morgan fingerprint density at radius 3 is 2.63 bits per heavy atom. The Kier molecular flexibility index (Phi) is 5.96. The molecular formula is C27H26F2N4O2. The van der Waals surface area contributed by atoms with E-state index in [2.05, 4.69) is 15.3 Å². The minimum absolute atomic E-state index is 0.146. The van der Waals surface area contributed by atoms with Crippen molar-refractivity contribution in [1.82, 2.24) is 19.9 Å². The van der Waals surface area contributed by atoms with E-state index in [1.54, 1.807) is 44.4 Å². The Morgan fingerprint density at radius 2 is 1.97 bits per heavy atom. The number of halogens is 2. The monoisotopic (exact) mass is 476 g/mol. The Labute approximate surface area is 201 Å². The predicted molar refractivity (Wildman–Crippen MR) is 129 cm³/mol. The highest BCUT2D eigenvalue weighted by molar-refractivity contribution is 6.08. The average Bonchev–Trinajstić information content (AvgIpc) is 3.32. The molecule has 6 nitrogen and oxygen atoms in total. The first-order valence-corrected chi connectivity index (χ1v) is 11.8. The van der Waals surface area contributed by atoms with Crippen LogP contribution in [0.1, 0.15) is 65.7 Å². The van der Waals surface area contributed by atoms with Crippen LogP contribution in [-0.2, 0) is 0 Å². The van der Waals surface area contributed by atoms with Gasteiger partial charge in [-0.05, 0) is 56.4 Å². The lowest BCUT2D eigenvalue weighted by Crippen LogP contribution is -2.38. The van der Waals surface area contributed by atoms with Crippen LogP contribution in [0.4, 0.5) is 8.78 Å². The summed E-state index contributed by atoms with van der Waals surface area (Å²) in [6.45, 7) is 3.45. The number of hydrogen-bond donors (Lipinski definition) is 2. The van der Waals surface area contributed by atoms with Crippen molar-refractivity contribution in [1.29, 1.82) is 0 Å². The summed E-state index contributed by atoms with van der Waals surface area (Å²) in [7, 11) is 0. The molecule has 2 aromatic heterocycles. The molecule has 0 aliphatic heterocycles. The van der Waals surface area contributed by atoms with Crippen LogP contribution in [-0.4, -0.2) is 20.4 Å². The number of H-pyrrole nitrogens is 1. The maximum atomic E-state index is 15.0. The fourth-order valence-corrected chi connectivity index (χ4v) is 5.08. The number of rotatable bonds is 6. The van der Waals surface area contributed by atoms with Gasteiger partial charge in [0.15, 0.2) is 0 Å². The standard InChI is InChI=1S/C27H26F2N4O2/c1-15-22(26(34)32-24(17-6-3-7-17)18-8-4-9-19(28)14-18)20-10-5-11-21(29)23(20)27(35)33(15)16(2)25-30-12-13-31-25/h4-5,8-14,16-17,24H,3,6-7H2,1-2H3,(H,30,31)(H,32,34)/t16-,24?/m0/s1. The van der Waals surface area contributed by atoms with Gasteiger partial charge in [0.1, 0.15) is 17.5 Å². The topological polar surface area (TPSA) is 79.8 Å². The van der Waals surface area contributed by atoms with Gasteiger partial charge in [-0.1, -0.05) is 30.7 Å². The molecule has 0 radical (unpaired) electrons. The highest BCUT2D eigenvalue weighted by Crippen LogP contribution is 2.38. The Balaban J connectivity index is 1.65. The maximum Gasteiger partial charge on any atom is 0.262 e. The molecular weight excluding hydrogens is 450 g/mol. The van der Waals surface area contributed by atoms with Crippen LogP contribution in [0.2, 0.25) is 0 Å². The summed E-state index contributed by atoms with van der Waals surface area (Å²) in [5.41, 5.74) is 0.782. The molecule has 0 bridgehead atoms. The van der Waals surface area contributed by atoms with Gasteiger partial charge >= 0.3 is 0 Å². The van der Waals surface area contributed by atoms with Gasteiger partial charge in [-0.2, -0.15) is 0 Å². The van der Waals surface area contributed by atoms with Crippen molar-refractivity contribution in [3.05, 3.63) is 99.5 Å². The third kappa shape index (κ3) is 4.03. The molecule has 1 amide bonds. The van der Waals surface area contributed by atoms with E-state index in [1.165, 1.54) is 28.8 Å². The van der Waals surface area contributed by atoms with Crippen molar-refractivity contribution in [2.45, 2.75) is 45.2 Å². The number of nitrogens with one attached hydrogen (secondary N) is 2. The van der Waals surface area contributed by atoms with Crippen LogP contribution in [0.3, 0.4) is 0 Å². The third-order valence-corrected chi connectivity index (χ3v) is 7.08. The lowest BCUT2D eigenvalue weighted by Gasteiger charge is -2.35. The van der Waals surface area contributed by atoms with Crippen LogP contribution < -0.4 is 10.9 Å². The van der Waals surface area contributed by atoms with E-state index in [9.17, 15) is 18.4 Å². The summed E-state index contributed by atoms with van der Waals surface area (Å²) in [6, 6.07) is 9.58. The largest absolute Gasteiger partial charge is 0.347 e. The summed E-state index contributed by atoms with van der Waals surface area (Å²) in [4.78, 5) is 34.5. The van der Waals surface area contributed by atoms with Crippen LogP contribution in [0.5, 0.6) is 0 Å². The lowest BCUT2D eigenvalue weighted by atomic mass is 9.77. The van der Waals surface area contributed by atoms with Crippen molar-refractivity contribution >= 4 is 16.7 Å². The molecule has 2 atom stereocenters. The molecule has 2 aromatic carbocycles. The van der Waals surface area contributed by atoms with Gasteiger partial charge in [0, 0.05) is 23.5 Å². The molecule has 1 fully saturated rings. The number of aromatic amines is 1. The highest BCUT2D eigenvalue weighted by atomic mass is 19.1. The van der Waals surface area contributed by atoms with Crippen molar-refractivity contribution < 1.29 is 13.6 Å². The van der Waals surface area contributed by atoms with E-state index < -0.39 is 29.4 Å². The fraction of sp³-hybridized carbons (Fsp3) is 0.296. The van der Waals surface area contributed by atoms with Crippen molar-refractivity contribution in [2.75, 3.05) is 0 Å². The van der Waals surface area contributed by atoms with Crippen LogP contribution in [0.15, 0.2) is 59.7 Å². The molecule has 35 heavy (non-hydrogen) atoms. The molecule has 5 rings (SSSR count). The molecule has 0 saturated heterocycles. The minimum atomic E-state index is -0.692. The summed E-state index contributed by atoms with van der Waals surface area (Å²) in [5.74, 6) is -0.797. The summed E-state index contributed by atoms with van der Waals surface area (Å²) in [6.07, 6.45) is 6.11. The van der Waals surface area contributed by atoms with E-state index in [0.29, 0.717) is 17.1 Å². The second-order valence-corrected chi connectivity index (χ2v) is 9.15. The molecule has 1 aliphatic carbocycles. The number of pyridine rings is 1. The fourth-order valence-electron chi connectivity index (χ4n) is 5.08. The zero-order valence-electron chi connectivity index (χ0n) is 19.5. The average molecular weight is 477 g/mol. The quantitative estimate of drug-likeness (QED) is 0.402. The second kappa shape index (κ2) is 9.09. The van der Waals surface area contributed by atoms with E-state index in [4.69, 9.17) is 0 Å². The SMILES string of the molecule is Cc1c(C(=O)NC(c2cccc(F)c2)C2CCC2)c2cccc(F)c2c(=O)n1[C@@H](C)c1ncc[nH]1. The smallest absolute Gasteiger partial charge is 0.262 e. The highest BCUT2D eigenvalue weighted by Gasteiger charge is 2.32. The van der Waals surface area contributed by atoms with Gasteiger partial charge in [0.2, 0.25) is 0 Å². The minimum Gasteiger partial charge on any atom is -0.347 e. The lowest BCUT2D eigenvalue weighted by molar-refractivity contribution is 0.0900. The first kappa shape index (κ1) is 23.0. The number of fused-ring (bicyclic) bond motifs is 1. The van der Waals surface area contributed by atoms with Gasteiger partial charge in [0.05, 0.1) is 23.0 Å². The number of carbonyl (C=O) groups is 1. The number of benzene rings is 2. The molecule has 8 heteroatoms. The number of imidazole rings is 1. The molecule has 1 saturated carbocycles. The summed E-state index contributed by atoms with van der Waals surface area (Å²) in [5, 5.41) is 3.19. The number of hydrogen-bond acceptors (Lipinski definition) is 3. The third-order valence-electron chi connectivity index (χ3n) is 7.08. The van der Waals surface area contributed by atoms with Crippen molar-refractivity contribution in [3.63, 3.8) is 0 Å². The van der Waals surface area contributed by atoms with Crippen molar-refractivity contribution in [2.24, 2.45) is 5.92 Å². The summed E-state index contributed by atoms with van der Waals surface area (Å²) < 4.78 is 30.4. The zero-order chi connectivity index (χ0) is 24.7. The Bertz CT molecular complexity index is 1460. The first-order valence-electron chi connectivity index (χ1n) is 11.8. The van der Waals surface area contributed by atoms with Gasteiger partial charge < -0.3 is 14.9 Å². The van der Waals surface area contributed by atoms with Gasteiger partial charge in [-0.3, -0.25) is 9.59 Å². The van der Waals surface area contributed by atoms with E-state index >= 15 is 0 Å². The van der Waals surface area contributed by atoms with E-state index in [1.807, 2.05) is 0 Å². The molecule has 1 aliphatic rings. The zero-order valence-corrected chi connectivity index (χ0v) is 19.5. The Morgan fingerprint density at radius 1 is 1.20 bits per heavy atom. The summed E-state index contributed by atoms with van der Waals surface area (Å²) >= 11 is 0. The van der Waals surface area contributed by atoms with Crippen molar-refractivity contribution in [3.8, 4) is 0 Å². The predicted octanol–water partition coefficient (Wildman–Crippen LogP) is 5.19. The molecule has 4 aromatic rings. The molecule has 0 spiro atoms.